The molecule has 1 amide bonds. The number of hydrogen-bond acceptors (Lipinski definition) is 5. The number of carbonyl (C=O) groups is 1. The third kappa shape index (κ3) is 2.43. The van der Waals surface area contributed by atoms with Gasteiger partial charge in [0.2, 0.25) is 0 Å². The minimum absolute atomic E-state index is 0.171. The predicted molar refractivity (Wildman–Crippen MR) is 94.2 cm³/mol. The van der Waals surface area contributed by atoms with Gasteiger partial charge in [-0.2, -0.15) is 0 Å². The number of amides is 1. The lowest BCUT2D eigenvalue weighted by Gasteiger charge is -2.33. The molecule has 3 heterocycles. The van der Waals surface area contributed by atoms with E-state index in [4.69, 9.17) is 4.99 Å². The van der Waals surface area contributed by atoms with E-state index >= 15 is 0 Å². The molecule has 1 atom stereocenters. The summed E-state index contributed by atoms with van der Waals surface area (Å²) in [4.78, 5) is 20.7. The van der Waals surface area contributed by atoms with Crippen molar-refractivity contribution in [2.45, 2.75) is 6.17 Å². The number of para-hydroxylation sites is 1. The van der Waals surface area contributed by atoms with Crippen molar-refractivity contribution in [2.75, 3.05) is 5.75 Å². The number of hydrazone groups is 1. The average molecular weight is 337 g/mol. The Morgan fingerprint density at radius 3 is 2.96 bits per heavy atom. The van der Waals surface area contributed by atoms with Gasteiger partial charge >= 0.3 is 0 Å². The largest absolute Gasteiger partial charge is 0.362 e. The number of aromatic nitrogens is 1. The zero-order valence-electron chi connectivity index (χ0n) is 12.8. The Morgan fingerprint density at radius 1 is 1.29 bits per heavy atom. The summed E-state index contributed by atoms with van der Waals surface area (Å²) in [6, 6.07) is 11.5. The van der Waals surface area contributed by atoms with Crippen molar-refractivity contribution in [3.8, 4) is 0 Å². The van der Waals surface area contributed by atoms with Gasteiger partial charge in [-0.1, -0.05) is 36.0 Å². The van der Waals surface area contributed by atoms with Crippen molar-refractivity contribution in [1.29, 1.82) is 0 Å². The quantitative estimate of drug-likeness (QED) is 0.823. The van der Waals surface area contributed by atoms with Crippen LogP contribution in [0.3, 0.4) is 0 Å². The van der Waals surface area contributed by atoms with Crippen molar-refractivity contribution in [2.24, 2.45) is 10.1 Å². The second kappa shape index (κ2) is 6.01. The Balaban J connectivity index is 1.91. The molecule has 0 radical (unpaired) electrons. The molecule has 2 aliphatic rings. The van der Waals surface area contributed by atoms with Crippen LogP contribution in [0.2, 0.25) is 0 Å². The minimum Gasteiger partial charge on any atom is -0.362 e. The molecule has 120 valence electrons. The Kier molecular flexibility index (Phi) is 3.70. The van der Waals surface area contributed by atoms with E-state index in [1.165, 1.54) is 11.8 Å². The van der Waals surface area contributed by atoms with E-state index in [9.17, 15) is 4.79 Å². The van der Waals surface area contributed by atoms with Crippen LogP contribution in [0.1, 0.15) is 11.9 Å². The molecular weight excluding hydrogens is 322 g/mol. The highest BCUT2D eigenvalue weighted by Crippen LogP contribution is 2.29. The van der Waals surface area contributed by atoms with Gasteiger partial charge in [0.25, 0.3) is 5.91 Å². The molecule has 4 rings (SSSR count). The van der Waals surface area contributed by atoms with Crippen molar-refractivity contribution in [1.82, 2.24) is 15.3 Å². The minimum atomic E-state index is -0.393. The summed E-state index contributed by atoms with van der Waals surface area (Å²) in [5, 5.41) is 11.3. The van der Waals surface area contributed by atoms with Gasteiger partial charge in [-0.15, -0.1) is 11.7 Å². The lowest BCUT2D eigenvalue weighted by atomic mass is 10.1. The molecule has 2 N–H and O–H groups in total. The van der Waals surface area contributed by atoms with E-state index in [1.54, 1.807) is 11.1 Å². The first-order chi connectivity index (χ1) is 11.8. The number of amidine groups is 1. The van der Waals surface area contributed by atoms with Crippen molar-refractivity contribution >= 4 is 28.5 Å². The number of aromatic amines is 1. The Labute approximate surface area is 142 Å². The maximum atomic E-state index is 12.7. The Bertz CT molecular complexity index is 948. The molecule has 7 heteroatoms. The highest BCUT2D eigenvalue weighted by atomic mass is 32.2. The normalized spacial score (nSPS) is 18.9. The average Bonchev–Trinajstić information content (AvgIpc) is 3.13. The summed E-state index contributed by atoms with van der Waals surface area (Å²) in [6.07, 6.45) is 3.22. The van der Waals surface area contributed by atoms with Gasteiger partial charge < -0.3 is 4.98 Å². The topological polar surface area (TPSA) is 72.8 Å². The van der Waals surface area contributed by atoms with E-state index in [-0.39, 0.29) is 5.91 Å². The molecule has 0 aliphatic carbocycles. The Morgan fingerprint density at radius 2 is 2.17 bits per heavy atom. The predicted octanol–water partition coefficient (Wildman–Crippen LogP) is 1.08. The number of fused-ring (bicyclic) bond motifs is 2. The monoisotopic (exact) mass is 337 g/mol. The van der Waals surface area contributed by atoms with Crippen molar-refractivity contribution in [3.05, 3.63) is 71.5 Å². The first-order valence-electron chi connectivity index (χ1n) is 7.51. The summed E-state index contributed by atoms with van der Waals surface area (Å²) in [5.74, 6) is 0.499. The van der Waals surface area contributed by atoms with E-state index in [2.05, 4.69) is 22.0 Å². The summed E-state index contributed by atoms with van der Waals surface area (Å²) in [7, 11) is 0. The molecule has 0 bridgehead atoms. The fourth-order valence-corrected chi connectivity index (χ4v) is 3.32. The number of nitrogens with zero attached hydrogens (tertiary/aromatic N) is 3. The maximum absolute atomic E-state index is 12.7. The molecule has 2 aromatic rings. The number of hydrogen-bond donors (Lipinski definition) is 2. The Hall–Kier alpha value is -2.80. The molecule has 0 saturated carbocycles. The van der Waals surface area contributed by atoms with E-state index in [1.807, 2.05) is 42.6 Å². The molecule has 0 spiro atoms. The number of rotatable bonds is 3. The van der Waals surface area contributed by atoms with Crippen LogP contribution in [0.25, 0.3) is 5.70 Å². The van der Waals surface area contributed by atoms with Crippen molar-refractivity contribution in [3.63, 3.8) is 0 Å². The number of thioether (sulfide) groups is 1. The number of H-pyrrole nitrogens is 1. The second-order valence-electron chi connectivity index (χ2n) is 5.30. The second-order valence-corrected chi connectivity index (χ2v) is 6.31. The molecule has 0 unspecified atom stereocenters. The lowest BCUT2D eigenvalue weighted by Crippen LogP contribution is -2.50. The van der Waals surface area contributed by atoms with E-state index in [0.717, 1.165) is 16.3 Å². The SMILES string of the molecule is C=CCSC1=NN2C(=c3ccccc3=N[C@H]2c2ccc[nH]2)C(=O)N1. The van der Waals surface area contributed by atoms with Crippen LogP contribution >= 0.6 is 11.8 Å². The molecule has 24 heavy (non-hydrogen) atoms. The number of nitrogens with one attached hydrogen (secondary N) is 2. The van der Waals surface area contributed by atoms with Gasteiger partial charge in [-0.05, 0) is 18.2 Å². The van der Waals surface area contributed by atoms with Crippen LogP contribution < -0.4 is 15.9 Å². The van der Waals surface area contributed by atoms with Gasteiger partial charge in [0, 0.05) is 17.2 Å². The summed E-state index contributed by atoms with van der Waals surface area (Å²) in [6.45, 7) is 3.70. The van der Waals surface area contributed by atoms with Crippen LogP contribution in [0.5, 0.6) is 0 Å². The standard InChI is InChI=1S/C17H15N5OS/c1-2-10-24-17-20-16(23)14-11-6-3-4-7-12(11)19-15(22(14)21-17)13-8-5-9-18-13/h2-9,15,18H,1,10H2,(H,20,21,23)/t15-/m1/s1. The summed E-state index contributed by atoms with van der Waals surface area (Å²) in [5.41, 5.74) is 1.40. The van der Waals surface area contributed by atoms with Crippen LogP contribution in [0, 0.1) is 0 Å². The van der Waals surface area contributed by atoms with Gasteiger partial charge in [0.15, 0.2) is 11.3 Å². The summed E-state index contributed by atoms with van der Waals surface area (Å²) >= 11 is 1.43. The van der Waals surface area contributed by atoms with Crippen molar-refractivity contribution < 1.29 is 4.79 Å². The molecule has 1 aromatic carbocycles. The smallest absolute Gasteiger partial charge is 0.276 e. The zero-order valence-corrected chi connectivity index (χ0v) is 13.6. The van der Waals surface area contributed by atoms with E-state index < -0.39 is 6.17 Å². The lowest BCUT2D eigenvalue weighted by molar-refractivity contribution is -0.116. The molecule has 0 saturated heterocycles. The van der Waals surface area contributed by atoms with E-state index in [0.29, 0.717) is 16.6 Å². The third-order valence-electron chi connectivity index (χ3n) is 3.75. The first-order valence-corrected chi connectivity index (χ1v) is 8.50. The van der Waals surface area contributed by atoms with Crippen LogP contribution in [0.4, 0.5) is 0 Å². The van der Waals surface area contributed by atoms with Gasteiger partial charge in [-0.25, -0.2) is 5.01 Å². The molecule has 2 aliphatic heterocycles. The maximum Gasteiger partial charge on any atom is 0.276 e. The zero-order chi connectivity index (χ0) is 16.5. The van der Waals surface area contributed by atoms with Gasteiger partial charge in [0.05, 0.1) is 11.1 Å². The number of carbonyl (C=O) groups excluding carboxylic acids is 1. The highest BCUT2D eigenvalue weighted by molar-refractivity contribution is 8.14. The fourth-order valence-electron chi connectivity index (χ4n) is 2.74. The van der Waals surface area contributed by atoms with Crippen LogP contribution in [-0.2, 0) is 4.79 Å². The fraction of sp³-hybridized carbons (Fsp3) is 0.118. The molecule has 6 nitrogen and oxygen atoms in total. The number of benzene rings is 1. The summed E-state index contributed by atoms with van der Waals surface area (Å²) < 4.78 is 0. The van der Waals surface area contributed by atoms with Crippen LogP contribution in [-0.4, -0.2) is 26.8 Å². The third-order valence-corrected chi connectivity index (χ3v) is 4.61. The highest BCUT2D eigenvalue weighted by Gasteiger charge is 2.34. The van der Waals surface area contributed by atoms with Gasteiger partial charge in [0.1, 0.15) is 5.70 Å². The molecular formula is C17H15N5OS. The van der Waals surface area contributed by atoms with Crippen LogP contribution in [0.15, 0.2) is 65.3 Å². The first kappa shape index (κ1) is 14.8. The van der Waals surface area contributed by atoms with Gasteiger partial charge in [-0.3, -0.25) is 15.1 Å². The molecule has 0 fully saturated rings. The molecule has 1 aromatic heterocycles.